The van der Waals surface area contributed by atoms with Crippen LogP contribution in [0.5, 0.6) is 0 Å². The van der Waals surface area contributed by atoms with Crippen LogP contribution in [0.25, 0.3) is 0 Å². The van der Waals surface area contributed by atoms with Gasteiger partial charge < -0.3 is 10.2 Å². The molecule has 5 heteroatoms. The second-order valence-electron chi connectivity index (χ2n) is 6.09. The molecule has 0 aromatic heterocycles. The minimum atomic E-state index is -0.341. The van der Waals surface area contributed by atoms with Gasteiger partial charge in [-0.05, 0) is 50.9 Å². The van der Waals surface area contributed by atoms with Gasteiger partial charge in [-0.3, -0.25) is 10.1 Å². The number of nitrogens with one attached hydrogen (secondary N) is 1. The van der Waals surface area contributed by atoms with Crippen molar-refractivity contribution in [2.24, 2.45) is 5.92 Å². The van der Waals surface area contributed by atoms with Gasteiger partial charge in [0.15, 0.2) is 0 Å². The number of nitro benzene ring substituents is 1. The largest absolute Gasteiger partial charge is 0.310 e. The lowest BCUT2D eigenvalue weighted by atomic mass is 10.1. The van der Waals surface area contributed by atoms with Crippen LogP contribution >= 0.6 is 0 Å². The highest BCUT2D eigenvalue weighted by Gasteiger charge is 2.16. The fourth-order valence-electron chi connectivity index (χ4n) is 2.87. The van der Waals surface area contributed by atoms with Crippen molar-refractivity contribution >= 4 is 5.69 Å². The van der Waals surface area contributed by atoms with Crippen LogP contribution in [0.4, 0.5) is 5.69 Å². The molecule has 1 aromatic carbocycles. The quantitative estimate of drug-likeness (QED) is 0.620. The maximum atomic E-state index is 10.8. The van der Waals surface area contributed by atoms with Gasteiger partial charge in [-0.15, -0.1) is 0 Å². The van der Waals surface area contributed by atoms with Gasteiger partial charge in [-0.25, -0.2) is 0 Å². The van der Waals surface area contributed by atoms with Crippen molar-refractivity contribution in [3.8, 4) is 0 Å². The minimum absolute atomic E-state index is 0.130. The van der Waals surface area contributed by atoms with Crippen molar-refractivity contribution in [2.75, 3.05) is 26.2 Å². The molecular weight excluding hydrogens is 266 g/mol. The first-order valence-electron chi connectivity index (χ1n) is 7.76. The highest BCUT2D eigenvalue weighted by atomic mass is 16.6. The SMILES string of the molecule is CC(CNC(C)c1cccc([N+](=O)[O-])c1)CN1CCCC1. The van der Waals surface area contributed by atoms with E-state index in [2.05, 4.69) is 24.1 Å². The van der Waals surface area contributed by atoms with E-state index in [0.717, 1.165) is 18.7 Å². The predicted molar refractivity (Wildman–Crippen MR) is 84.4 cm³/mol. The van der Waals surface area contributed by atoms with Crippen LogP contribution < -0.4 is 5.32 Å². The molecule has 0 radical (unpaired) electrons. The summed E-state index contributed by atoms with van der Waals surface area (Å²) in [5, 5.41) is 14.3. The van der Waals surface area contributed by atoms with Crippen molar-refractivity contribution in [2.45, 2.75) is 32.7 Å². The van der Waals surface area contributed by atoms with E-state index >= 15 is 0 Å². The Morgan fingerprint density at radius 1 is 1.33 bits per heavy atom. The van der Waals surface area contributed by atoms with Crippen molar-refractivity contribution < 1.29 is 4.92 Å². The highest BCUT2D eigenvalue weighted by Crippen LogP contribution is 2.19. The summed E-state index contributed by atoms with van der Waals surface area (Å²) in [7, 11) is 0. The van der Waals surface area contributed by atoms with Gasteiger partial charge in [0.25, 0.3) is 5.69 Å². The number of nitro groups is 1. The number of non-ortho nitro benzene ring substituents is 1. The third kappa shape index (κ3) is 4.79. The highest BCUT2D eigenvalue weighted by molar-refractivity contribution is 5.35. The Morgan fingerprint density at radius 2 is 2.05 bits per heavy atom. The lowest BCUT2D eigenvalue weighted by Crippen LogP contribution is -2.32. The fourth-order valence-corrected chi connectivity index (χ4v) is 2.87. The van der Waals surface area contributed by atoms with Crippen LogP contribution in [0.1, 0.15) is 38.3 Å². The van der Waals surface area contributed by atoms with E-state index in [0.29, 0.717) is 5.92 Å². The van der Waals surface area contributed by atoms with Crippen LogP contribution in [0.3, 0.4) is 0 Å². The van der Waals surface area contributed by atoms with Gasteiger partial charge in [-0.2, -0.15) is 0 Å². The second kappa shape index (κ2) is 7.52. The molecule has 1 aliphatic heterocycles. The Morgan fingerprint density at radius 3 is 2.71 bits per heavy atom. The Balaban J connectivity index is 1.81. The van der Waals surface area contributed by atoms with E-state index in [4.69, 9.17) is 0 Å². The monoisotopic (exact) mass is 291 g/mol. The van der Waals surface area contributed by atoms with Gasteiger partial charge in [0.2, 0.25) is 0 Å². The lowest BCUT2D eigenvalue weighted by Gasteiger charge is -2.22. The van der Waals surface area contributed by atoms with Crippen LogP contribution in [0.2, 0.25) is 0 Å². The van der Waals surface area contributed by atoms with Crippen LogP contribution in [0, 0.1) is 16.0 Å². The van der Waals surface area contributed by atoms with Gasteiger partial charge in [0, 0.05) is 24.7 Å². The number of likely N-dealkylation sites (tertiary alicyclic amines) is 1. The molecule has 0 bridgehead atoms. The zero-order valence-corrected chi connectivity index (χ0v) is 12.9. The number of hydrogen-bond donors (Lipinski definition) is 1. The topological polar surface area (TPSA) is 58.4 Å². The number of hydrogen-bond acceptors (Lipinski definition) is 4. The van der Waals surface area contributed by atoms with Gasteiger partial charge in [0.05, 0.1) is 4.92 Å². The molecule has 2 unspecified atom stereocenters. The molecule has 0 saturated carbocycles. The molecule has 116 valence electrons. The first-order chi connectivity index (χ1) is 10.1. The van der Waals surface area contributed by atoms with E-state index in [1.165, 1.54) is 32.0 Å². The normalized spacial score (nSPS) is 18.6. The molecule has 21 heavy (non-hydrogen) atoms. The minimum Gasteiger partial charge on any atom is -0.310 e. The summed E-state index contributed by atoms with van der Waals surface area (Å²) < 4.78 is 0. The maximum absolute atomic E-state index is 10.8. The summed E-state index contributed by atoms with van der Waals surface area (Å²) in [5.74, 6) is 0.587. The summed E-state index contributed by atoms with van der Waals surface area (Å²) in [5.41, 5.74) is 1.13. The number of rotatable bonds is 7. The molecule has 0 aliphatic carbocycles. The van der Waals surface area contributed by atoms with Crippen molar-refractivity contribution in [3.63, 3.8) is 0 Å². The van der Waals surface area contributed by atoms with Crippen molar-refractivity contribution in [3.05, 3.63) is 39.9 Å². The van der Waals surface area contributed by atoms with E-state index < -0.39 is 0 Å². The van der Waals surface area contributed by atoms with Crippen LogP contribution in [-0.2, 0) is 0 Å². The molecule has 1 fully saturated rings. The molecule has 5 nitrogen and oxygen atoms in total. The zero-order chi connectivity index (χ0) is 15.2. The van der Waals surface area contributed by atoms with Crippen molar-refractivity contribution in [1.82, 2.24) is 10.2 Å². The van der Waals surface area contributed by atoms with E-state index in [-0.39, 0.29) is 16.7 Å². The molecule has 0 spiro atoms. The third-order valence-electron chi connectivity index (χ3n) is 4.12. The Kier molecular flexibility index (Phi) is 5.70. The van der Waals surface area contributed by atoms with E-state index in [1.807, 2.05) is 6.07 Å². The maximum Gasteiger partial charge on any atom is 0.269 e. The Bertz CT molecular complexity index is 472. The van der Waals surface area contributed by atoms with Gasteiger partial charge in [0.1, 0.15) is 0 Å². The molecule has 1 aliphatic rings. The summed E-state index contributed by atoms with van der Waals surface area (Å²) in [6.07, 6.45) is 2.65. The average Bonchev–Trinajstić information content (AvgIpc) is 2.97. The Labute approximate surface area is 126 Å². The summed E-state index contributed by atoms with van der Waals surface area (Å²) in [6, 6.07) is 7.01. The van der Waals surface area contributed by atoms with Crippen molar-refractivity contribution in [1.29, 1.82) is 0 Å². The van der Waals surface area contributed by atoms with Crippen LogP contribution in [0.15, 0.2) is 24.3 Å². The molecule has 1 N–H and O–H groups in total. The Hall–Kier alpha value is -1.46. The summed E-state index contributed by atoms with van der Waals surface area (Å²) >= 11 is 0. The standard InChI is InChI=1S/C16H25N3O2/c1-13(12-18-8-3-4-9-18)11-17-14(2)15-6-5-7-16(10-15)19(20)21/h5-7,10,13-14,17H,3-4,8-9,11-12H2,1-2H3. The van der Waals surface area contributed by atoms with Gasteiger partial charge >= 0.3 is 0 Å². The van der Waals surface area contributed by atoms with E-state index in [9.17, 15) is 10.1 Å². The molecule has 1 saturated heterocycles. The first kappa shape index (κ1) is 15.9. The first-order valence-corrected chi connectivity index (χ1v) is 7.76. The predicted octanol–water partition coefficient (Wildman–Crippen LogP) is 2.98. The summed E-state index contributed by atoms with van der Waals surface area (Å²) in [4.78, 5) is 13.0. The van der Waals surface area contributed by atoms with E-state index in [1.54, 1.807) is 12.1 Å². The lowest BCUT2D eigenvalue weighted by molar-refractivity contribution is -0.384. The molecule has 1 aromatic rings. The number of nitrogens with zero attached hydrogens (tertiary/aromatic N) is 2. The fraction of sp³-hybridized carbons (Fsp3) is 0.625. The molecule has 2 rings (SSSR count). The van der Waals surface area contributed by atoms with Gasteiger partial charge in [-0.1, -0.05) is 19.1 Å². The molecule has 1 heterocycles. The molecule has 2 atom stereocenters. The van der Waals surface area contributed by atoms with Crippen LogP contribution in [-0.4, -0.2) is 36.0 Å². The smallest absolute Gasteiger partial charge is 0.269 e. The zero-order valence-electron chi connectivity index (χ0n) is 12.9. The average molecular weight is 291 g/mol. The second-order valence-corrected chi connectivity index (χ2v) is 6.09. The molecule has 0 amide bonds. The molecular formula is C16H25N3O2. The third-order valence-corrected chi connectivity index (χ3v) is 4.12. The number of benzene rings is 1. The summed E-state index contributed by atoms with van der Waals surface area (Å²) in [6.45, 7) is 8.83.